The average Bonchev–Trinajstić information content (AvgIpc) is 3.07. The van der Waals surface area contributed by atoms with Gasteiger partial charge >= 0.3 is 12.1 Å². The van der Waals surface area contributed by atoms with Crippen LogP contribution in [0.15, 0.2) is 96.2 Å². The summed E-state index contributed by atoms with van der Waals surface area (Å²) in [7, 11) is -3.64. The zero-order valence-corrected chi connectivity index (χ0v) is 31.2. The van der Waals surface area contributed by atoms with Gasteiger partial charge in [0.05, 0.1) is 6.26 Å². The first-order valence-electron chi connectivity index (χ1n) is 16.0. The largest absolute Gasteiger partial charge is 0.448 e. The number of carbonyl (C=O) groups is 4. The Kier molecular flexibility index (Phi) is 11.7. The van der Waals surface area contributed by atoms with Crippen molar-refractivity contribution < 1.29 is 37.1 Å². The highest BCUT2D eigenvalue weighted by atomic mass is 32.2. The number of sulfonamides is 1. The van der Waals surface area contributed by atoms with E-state index in [0.717, 1.165) is 23.0 Å². The second-order valence-electron chi connectivity index (χ2n) is 13.0. The number of hydrogen-bond acceptors (Lipinski definition) is 10. The van der Waals surface area contributed by atoms with Gasteiger partial charge in [-0.25, -0.2) is 18.0 Å². The molecule has 1 saturated heterocycles. The van der Waals surface area contributed by atoms with Crippen LogP contribution in [0.25, 0.3) is 0 Å². The lowest BCUT2D eigenvalue weighted by atomic mass is 10.00. The van der Waals surface area contributed by atoms with Gasteiger partial charge in [-0.1, -0.05) is 72.8 Å². The van der Waals surface area contributed by atoms with Gasteiger partial charge in [0.25, 0.3) is 5.91 Å². The summed E-state index contributed by atoms with van der Waals surface area (Å²) in [6, 6.07) is 22.3. The molecule has 2 heterocycles. The van der Waals surface area contributed by atoms with Crippen molar-refractivity contribution in [3.63, 3.8) is 0 Å². The van der Waals surface area contributed by atoms with E-state index in [1.54, 1.807) is 26.8 Å². The number of nitrogens with one attached hydrogen (secondary N) is 3. The smallest absolute Gasteiger partial charge is 0.408 e. The Balaban J connectivity index is 1.40. The van der Waals surface area contributed by atoms with Crippen molar-refractivity contribution in [2.45, 2.75) is 49.9 Å². The van der Waals surface area contributed by atoms with Gasteiger partial charge in [-0.15, -0.1) is 11.8 Å². The highest BCUT2D eigenvalue weighted by Gasteiger charge is 2.55. The number of fused-ring (bicyclic) bond motifs is 1. The summed E-state index contributed by atoms with van der Waals surface area (Å²) >= 11 is 2.92. The number of hydrogen-bond donors (Lipinski definition) is 3. The SMILES string of the molecule is CSCC1=C(C(=O)OC(c2ccccc2)c2ccccc2)N2C(=O)C(NC(=O)[C@H](NC(=O)OC(C)(C)C)c3cccc(NS(C)(=O)=O)c3)[C@@H]2SC1. The molecule has 3 aromatic carbocycles. The third kappa shape index (κ3) is 9.45. The molecule has 0 aliphatic carbocycles. The van der Waals surface area contributed by atoms with E-state index in [0.29, 0.717) is 11.5 Å². The normalized spacial score (nSPS) is 17.9. The maximum absolute atomic E-state index is 14.1. The quantitative estimate of drug-likeness (QED) is 0.170. The molecule has 0 bridgehead atoms. The number of nitrogens with zero attached hydrogens (tertiary/aromatic N) is 1. The Hall–Kier alpha value is -4.47. The van der Waals surface area contributed by atoms with Crippen LogP contribution in [0, 0.1) is 0 Å². The van der Waals surface area contributed by atoms with Gasteiger partial charge in [-0.2, -0.15) is 11.8 Å². The van der Waals surface area contributed by atoms with E-state index in [4.69, 9.17) is 9.47 Å². The Bertz CT molecular complexity index is 1880. The van der Waals surface area contributed by atoms with E-state index in [2.05, 4.69) is 15.4 Å². The van der Waals surface area contributed by atoms with Crippen LogP contribution < -0.4 is 15.4 Å². The van der Waals surface area contributed by atoms with Crippen molar-refractivity contribution in [3.8, 4) is 0 Å². The molecule has 5 rings (SSSR count). The van der Waals surface area contributed by atoms with Gasteiger partial charge in [0.2, 0.25) is 15.9 Å². The second kappa shape index (κ2) is 15.8. The Morgan fingerprint density at radius 1 is 0.961 bits per heavy atom. The molecule has 15 heteroatoms. The molecule has 51 heavy (non-hydrogen) atoms. The van der Waals surface area contributed by atoms with Crippen LogP contribution in [0.4, 0.5) is 10.5 Å². The molecular formula is C36H40N4O8S3. The highest BCUT2D eigenvalue weighted by Crippen LogP contribution is 2.42. The summed E-state index contributed by atoms with van der Waals surface area (Å²) < 4.78 is 37.7. The van der Waals surface area contributed by atoms with Gasteiger partial charge < -0.3 is 20.1 Å². The molecule has 3 atom stereocenters. The molecule has 2 aliphatic heterocycles. The number of carbonyl (C=O) groups excluding carboxylic acids is 4. The maximum Gasteiger partial charge on any atom is 0.408 e. The average molecular weight is 753 g/mol. The fraction of sp³-hybridized carbons (Fsp3) is 0.333. The lowest BCUT2D eigenvalue weighted by molar-refractivity contribution is -0.154. The van der Waals surface area contributed by atoms with Crippen LogP contribution in [0.5, 0.6) is 0 Å². The van der Waals surface area contributed by atoms with Crippen molar-refractivity contribution in [3.05, 3.63) is 113 Å². The summed E-state index contributed by atoms with van der Waals surface area (Å²) in [6.07, 6.45) is 1.28. The van der Waals surface area contributed by atoms with Gasteiger partial charge in [-0.05, 0) is 61.4 Å². The molecule has 270 valence electrons. The molecule has 2 aliphatic rings. The van der Waals surface area contributed by atoms with Crippen molar-refractivity contribution in [2.24, 2.45) is 0 Å². The molecule has 0 aromatic heterocycles. The van der Waals surface area contributed by atoms with Crippen LogP contribution in [0.1, 0.15) is 49.6 Å². The maximum atomic E-state index is 14.1. The van der Waals surface area contributed by atoms with Crippen molar-refractivity contribution in [1.29, 1.82) is 0 Å². The Labute approximate surface area is 306 Å². The number of thioether (sulfide) groups is 2. The summed E-state index contributed by atoms with van der Waals surface area (Å²) in [4.78, 5) is 56.1. The zero-order valence-electron chi connectivity index (χ0n) is 28.7. The molecule has 1 fully saturated rings. The predicted molar refractivity (Wildman–Crippen MR) is 198 cm³/mol. The first kappa shape index (κ1) is 37.8. The van der Waals surface area contributed by atoms with E-state index < -0.39 is 63.1 Å². The van der Waals surface area contributed by atoms with E-state index in [1.165, 1.54) is 46.6 Å². The molecule has 0 saturated carbocycles. The fourth-order valence-electron chi connectivity index (χ4n) is 5.66. The monoisotopic (exact) mass is 752 g/mol. The first-order chi connectivity index (χ1) is 24.1. The molecule has 3 aromatic rings. The molecular weight excluding hydrogens is 713 g/mol. The van der Waals surface area contributed by atoms with Gasteiger partial charge in [0.15, 0.2) is 6.10 Å². The van der Waals surface area contributed by atoms with Crippen LogP contribution in [0.2, 0.25) is 0 Å². The van der Waals surface area contributed by atoms with Gasteiger partial charge in [0.1, 0.15) is 28.8 Å². The summed E-state index contributed by atoms with van der Waals surface area (Å²) in [5.41, 5.74) is 1.97. The van der Waals surface area contributed by atoms with E-state index in [-0.39, 0.29) is 16.9 Å². The summed E-state index contributed by atoms with van der Waals surface area (Å²) in [5, 5.41) is 4.69. The van der Waals surface area contributed by atoms with Crippen LogP contribution in [-0.2, 0) is 33.9 Å². The van der Waals surface area contributed by atoms with Crippen molar-refractivity contribution in [2.75, 3.05) is 28.7 Å². The molecule has 3 amide bonds. The van der Waals surface area contributed by atoms with Crippen LogP contribution >= 0.6 is 23.5 Å². The number of β-lactam (4-membered cyclic amide) rings is 1. The standard InChI is InChI=1S/C36H40N4O8S3/c1-36(2,3)48-35(44)38-27(24-17-12-18-26(19-24)39-51(5,45)46)31(41)37-28-32(42)40-29(25(20-49-4)21-50-33(28)40)34(43)47-30(22-13-8-6-9-14-22)23-15-10-7-11-16-23/h6-19,27-28,30,33,39H,20-21H2,1-5H3,(H,37,41)(H,38,44)/t27-,28?,33+/m1/s1. The topological polar surface area (TPSA) is 160 Å². The lowest BCUT2D eigenvalue weighted by Gasteiger charge is -2.50. The minimum Gasteiger partial charge on any atom is -0.448 e. The number of rotatable bonds is 12. The predicted octanol–water partition coefficient (Wildman–Crippen LogP) is 4.97. The van der Waals surface area contributed by atoms with Crippen molar-refractivity contribution in [1.82, 2.24) is 15.5 Å². The van der Waals surface area contributed by atoms with Gasteiger partial charge in [-0.3, -0.25) is 19.2 Å². The lowest BCUT2D eigenvalue weighted by Crippen LogP contribution is -2.71. The first-order valence-corrected chi connectivity index (χ1v) is 20.3. The van der Waals surface area contributed by atoms with Crippen LogP contribution in [0.3, 0.4) is 0 Å². The Morgan fingerprint density at radius 2 is 1.57 bits per heavy atom. The fourth-order valence-corrected chi connectivity index (χ4v) is 8.28. The zero-order chi connectivity index (χ0) is 36.9. The number of amides is 3. The number of benzene rings is 3. The molecule has 3 N–H and O–H groups in total. The minimum absolute atomic E-state index is 0.156. The third-order valence-corrected chi connectivity index (χ3v) is 10.3. The molecule has 1 unspecified atom stereocenters. The van der Waals surface area contributed by atoms with Gasteiger partial charge in [0, 0.05) is 17.2 Å². The molecule has 12 nitrogen and oxygen atoms in total. The number of anilines is 1. The highest BCUT2D eigenvalue weighted by molar-refractivity contribution is 8.00. The second-order valence-corrected chi connectivity index (χ2v) is 16.7. The minimum atomic E-state index is -3.64. The third-order valence-electron chi connectivity index (χ3n) is 7.73. The molecule has 0 radical (unpaired) electrons. The molecule has 0 spiro atoms. The summed E-state index contributed by atoms with van der Waals surface area (Å²) in [6.45, 7) is 5.01. The van der Waals surface area contributed by atoms with Crippen LogP contribution in [-0.4, -0.2) is 78.2 Å². The number of esters is 1. The Morgan fingerprint density at radius 3 is 2.14 bits per heavy atom. The number of ether oxygens (including phenoxy) is 2. The van der Waals surface area contributed by atoms with E-state index >= 15 is 0 Å². The number of alkyl carbamates (subject to hydrolysis) is 1. The van der Waals surface area contributed by atoms with E-state index in [9.17, 15) is 27.6 Å². The van der Waals surface area contributed by atoms with E-state index in [1.807, 2.05) is 66.9 Å². The van der Waals surface area contributed by atoms with Crippen molar-refractivity contribution >= 4 is 63.1 Å². The summed E-state index contributed by atoms with van der Waals surface area (Å²) in [5.74, 6) is -0.976.